The highest BCUT2D eigenvalue weighted by Crippen LogP contribution is 2.29. The number of carbonyl (C=O) groups is 1. The lowest BCUT2D eigenvalue weighted by Crippen LogP contribution is -2.37. The Kier molecular flexibility index (Phi) is 7.75. The van der Waals surface area contributed by atoms with Crippen LogP contribution in [0.5, 0.6) is 5.75 Å². The fourth-order valence-electron chi connectivity index (χ4n) is 1.90. The molecule has 4 nitrogen and oxygen atoms in total. The molecule has 21 heavy (non-hydrogen) atoms. The topological polar surface area (TPSA) is 50.4 Å². The average Bonchev–Trinajstić information content (AvgIpc) is 2.46. The third-order valence-corrected chi connectivity index (χ3v) is 3.87. The lowest BCUT2D eigenvalue weighted by Gasteiger charge is -2.20. The number of carbonyl (C=O) groups excluding carboxylic acids is 1. The number of hydrogen-bond donors (Lipinski definition) is 2. The summed E-state index contributed by atoms with van der Waals surface area (Å²) in [5.41, 5.74) is 1.04. The van der Waals surface area contributed by atoms with Crippen LogP contribution in [0, 0.1) is 0 Å². The SMILES string of the molecule is CCCCNC(=O)C(C)Oc1cc(Br)ccc1C(C)NC. The average molecular weight is 357 g/mol. The van der Waals surface area contributed by atoms with Gasteiger partial charge < -0.3 is 15.4 Å². The number of rotatable bonds is 8. The van der Waals surface area contributed by atoms with Crippen LogP contribution in [0.2, 0.25) is 0 Å². The first-order valence-corrected chi connectivity index (χ1v) is 8.20. The molecule has 1 aromatic rings. The number of hydrogen-bond acceptors (Lipinski definition) is 3. The van der Waals surface area contributed by atoms with Gasteiger partial charge in [-0.2, -0.15) is 0 Å². The van der Waals surface area contributed by atoms with Gasteiger partial charge in [-0.3, -0.25) is 4.79 Å². The molecule has 1 aromatic carbocycles. The largest absolute Gasteiger partial charge is 0.481 e. The molecule has 0 saturated carbocycles. The molecule has 0 aliphatic heterocycles. The molecule has 1 amide bonds. The van der Waals surface area contributed by atoms with Gasteiger partial charge in [0.2, 0.25) is 0 Å². The van der Waals surface area contributed by atoms with Crippen LogP contribution in [0.15, 0.2) is 22.7 Å². The number of benzene rings is 1. The van der Waals surface area contributed by atoms with Crippen LogP contribution in [0.1, 0.15) is 45.2 Å². The first-order chi connectivity index (χ1) is 9.99. The van der Waals surface area contributed by atoms with E-state index in [1.165, 1.54) is 0 Å². The third kappa shape index (κ3) is 5.67. The smallest absolute Gasteiger partial charge is 0.260 e. The van der Waals surface area contributed by atoms with Crippen LogP contribution >= 0.6 is 15.9 Å². The van der Waals surface area contributed by atoms with Crippen LogP contribution in [0.4, 0.5) is 0 Å². The number of nitrogens with one attached hydrogen (secondary N) is 2. The Hall–Kier alpha value is -1.07. The highest BCUT2D eigenvalue weighted by molar-refractivity contribution is 9.10. The van der Waals surface area contributed by atoms with Gasteiger partial charge >= 0.3 is 0 Å². The normalized spacial score (nSPS) is 13.6. The van der Waals surface area contributed by atoms with Crippen molar-refractivity contribution in [3.63, 3.8) is 0 Å². The Bertz CT molecular complexity index is 466. The fraction of sp³-hybridized carbons (Fsp3) is 0.562. The Labute approximate surface area is 135 Å². The van der Waals surface area contributed by atoms with Gasteiger partial charge in [-0.05, 0) is 39.4 Å². The van der Waals surface area contributed by atoms with E-state index in [-0.39, 0.29) is 11.9 Å². The van der Waals surface area contributed by atoms with E-state index in [4.69, 9.17) is 4.74 Å². The zero-order chi connectivity index (χ0) is 15.8. The summed E-state index contributed by atoms with van der Waals surface area (Å²) in [4.78, 5) is 12.0. The predicted octanol–water partition coefficient (Wildman–Crippen LogP) is 3.41. The van der Waals surface area contributed by atoms with Gasteiger partial charge in [-0.15, -0.1) is 0 Å². The summed E-state index contributed by atoms with van der Waals surface area (Å²) < 4.78 is 6.79. The Balaban J connectivity index is 2.76. The molecule has 0 bridgehead atoms. The number of unbranched alkanes of at least 4 members (excludes halogenated alkanes) is 1. The molecular weight excluding hydrogens is 332 g/mol. The minimum atomic E-state index is -0.515. The van der Waals surface area contributed by atoms with E-state index < -0.39 is 6.10 Å². The molecule has 2 unspecified atom stereocenters. The van der Waals surface area contributed by atoms with E-state index in [0.29, 0.717) is 6.54 Å². The molecule has 2 atom stereocenters. The van der Waals surface area contributed by atoms with Crippen molar-refractivity contribution in [1.29, 1.82) is 0 Å². The Morgan fingerprint density at radius 1 is 1.38 bits per heavy atom. The summed E-state index contributed by atoms with van der Waals surface area (Å²) in [5, 5.41) is 6.08. The number of halogens is 1. The quantitative estimate of drug-likeness (QED) is 0.701. The van der Waals surface area contributed by atoms with Gasteiger partial charge in [0.15, 0.2) is 6.10 Å². The van der Waals surface area contributed by atoms with Gasteiger partial charge in [-0.1, -0.05) is 35.3 Å². The lowest BCUT2D eigenvalue weighted by atomic mass is 10.1. The number of amides is 1. The van der Waals surface area contributed by atoms with E-state index in [1.807, 2.05) is 25.2 Å². The summed E-state index contributed by atoms with van der Waals surface area (Å²) in [7, 11) is 1.90. The van der Waals surface area contributed by atoms with Crippen LogP contribution < -0.4 is 15.4 Å². The Morgan fingerprint density at radius 2 is 2.10 bits per heavy atom. The Morgan fingerprint density at radius 3 is 2.71 bits per heavy atom. The summed E-state index contributed by atoms with van der Waals surface area (Å²) in [5.74, 6) is 0.649. The zero-order valence-corrected chi connectivity index (χ0v) is 14.8. The minimum Gasteiger partial charge on any atom is -0.481 e. The summed E-state index contributed by atoms with van der Waals surface area (Å²) in [6.07, 6.45) is 1.53. The molecule has 0 aliphatic carbocycles. The molecule has 118 valence electrons. The highest BCUT2D eigenvalue weighted by atomic mass is 79.9. The summed E-state index contributed by atoms with van der Waals surface area (Å²) in [6.45, 7) is 6.62. The lowest BCUT2D eigenvalue weighted by molar-refractivity contribution is -0.127. The summed E-state index contributed by atoms with van der Waals surface area (Å²) >= 11 is 3.44. The maximum absolute atomic E-state index is 12.0. The first-order valence-electron chi connectivity index (χ1n) is 7.40. The molecule has 5 heteroatoms. The van der Waals surface area contributed by atoms with Gasteiger partial charge in [0.25, 0.3) is 5.91 Å². The van der Waals surface area contributed by atoms with Crippen LogP contribution in [0.3, 0.4) is 0 Å². The van der Waals surface area contributed by atoms with Crippen LogP contribution in [-0.4, -0.2) is 25.6 Å². The van der Waals surface area contributed by atoms with Gasteiger partial charge in [-0.25, -0.2) is 0 Å². The van der Waals surface area contributed by atoms with Gasteiger partial charge in [0, 0.05) is 22.6 Å². The number of ether oxygens (including phenoxy) is 1. The van der Waals surface area contributed by atoms with E-state index in [1.54, 1.807) is 6.92 Å². The van der Waals surface area contributed by atoms with E-state index in [2.05, 4.69) is 40.4 Å². The van der Waals surface area contributed by atoms with Crippen molar-refractivity contribution in [2.24, 2.45) is 0 Å². The van der Waals surface area contributed by atoms with Crippen molar-refractivity contribution in [3.8, 4) is 5.75 Å². The van der Waals surface area contributed by atoms with Crippen molar-refractivity contribution in [2.45, 2.75) is 45.8 Å². The van der Waals surface area contributed by atoms with E-state index in [0.717, 1.165) is 28.6 Å². The van der Waals surface area contributed by atoms with Gasteiger partial charge in [0.1, 0.15) is 5.75 Å². The molecule has 0 fully saturated rings. The van der Waals surface area contributed by atoms with Crippen LogP contribution in [-0.2, 0) is 4.79 Å². The summed E-state index contributed by atoms with van der Waals surface area (Å²) in [6, 6.07) is 6.03. The third-order valence-electron chi connectivity index (χ3n) is 3.38. The maximum Gasteiger partial charge on any atom is 0.260 e. The van der Waals surface area contributed by atoms with Gasteiger partial charge in [0.05, 0.1) is 0 Å². The van der Waals surface area contributed by atoms with E-state index in [9.17, 15) is 4.79 Å². The second-order valence-electron chi connectivity index (χ2n) is 5.10. The monoisotopic (exact) mass is 356 g/mol. The minimum absolute atomic E-state index is 0.0773. The standard InChI is InChI=1S/C16H25BrN2O2/c1-5-6-9-19-16(20)12(3)21-15-10-13(17)7-8-14(15)11(2)18-4/h7-8,10-12,18H,5-6,9H2,1-4H3,(H,19,20). The van der Waals surface area contributed by atoms with Crippen molar-refractivity contribution >= 4 is 21.8 Å². The zero-order valence-electron chi connectivity index (χ0n) is 13.2. The second-order valence-corrected chi connectivity index (χ2v) is 6.01. The molecule has 0 saturated heterocycles. The van der Waals surface area contributed by atoms with E-state index >= 15 is 0 Å². The molecule has 0 heterocycles. The predicted molar refractivity (Wildman–Crippen MR) is 89.6 cm³/mol. The molecule has 2 N–H and O–H groups in total. The van der Waals surface area contributed by atoms with Crippen molar-refractivity contribution in [2.75, 3.05) is 13.6 Å². The van der Waals surface area contributed by atoms with Crippen molar-refractivity contribution in [3.05, 3.63) is 28.2 Å². The first kappa shape index (κ1) is 18.0. The molecule has 0 spiro atoms. The van der Waals surface area contributed by atoms with Crippen molar-refractivity contribution < 1.29 is 9.53 Å². The molecule has 0 aromatic heterocycles. The molecular formula is C16H25BrN2O2. The van der Waals surface area contributed by atoms with Crippen LogP contribution in [0.25, 0.3) is 0 Å². The highest BCUT2D eigenvalue weighted by Gasteiger charge is 2.18. The molecule has 0 aliphatic rings. The fourth-order valence-corrected chi connectivity index (χ4v) is 2.24. The molecule has 0 radical (unpaired) electrons. The van der Waals surface area contributed by atoms with Crippen molar-refractivity contribution in [1.82, 2.24) is 10.6 Å². The second kappa shape index (κ2) is 9.05. The molecule has 1 rings (SSSR count). The maximum atomic E-state index is 12.0.